The molecule has 3 aromatic rings. The molecular weight excluding hydrogens is 484 g/mol. The topological polar surface area (TPSA) is 118 Å². The van der Waals surface area contributed by atoms with Crippen molar-refractivity contribution in [3.8, 4) is 11.4 Å². The number of urea groups is 1. The highest BCUT2D eigenvalue weighted by molar-refractivity contribution is 5.89. The molecule has 0 bridgehead atoms. The van der Waals surface area contributed by atoms with Crippen molar-refractivity contribution in [2.75, 3.05) is 54.6 Å². The number of rotatable bonds is 5. The van der Waals surface area contributed by atoms with Crippen molar-refractivity contribution in [2.45, 2.75) is 38.9 Å². The number of benzene rings is 1. The van der Waals surface area contributed by atoms with E-state index < -0.39 is 0 Å². The molecule has 2 aromatic heterocycles. The number of carbonyl (C=O) groups is 1. The molecule has 0 spiro atoms. The summed E-state index contributed by atoms with van der Waals surface area (Å²) in [6.07, 6.45) is 2.45. The van der Waals surface area contributed by atoms with Crippen LogP contribution in [0.15, 0.2) is 36.7 Å². The third-order valence-electron chi connectivity index (χ3n) is 7.17. The highest BCUT2D eigenvalue weighted by atomic mass is 16.5. The second-order valence-corrected chi connectivity index (χ2v) is 10.0. The number of nitrogens with zero attached hydrogens (tertiary/aromatic N) is 6. The molecule has 0 aliphatic carbocycles. The number of aryl methyl sites for hydroxylation is 1. The molecule has 2 fully saturated rings. The fourth-order valence-corrected chi connectivity index (χ4v) is 5.00. The molecule has 1 atom stereocenters. The van der Waals surface area contributed by atoms with Crippen LogP contribution in [-0.4, -0.2) is 77.6 Å². The predicted octanol–water partition coefficient (Wildman–Crippen LogP) is 2.55. The fourth-order valence-electron chi connectivity index (χ4n) is 5.00. The third-order valence-corrected chi connectivity index (χ3v) is 7.17. The molecule has 2 saturated heterocycles. The number of morpholine rings is 1. The van der Waals surface area contributed by atoms with Gasteiger partial charge in [-0.25, -0.2) is 24.7 Å². The molecule has 198 valence electrons. The van der Waals surface area contributed by atoms with Gasteiger partial charge in [-0.2, -0.15) is 0 Å². The van der Waals surface area contributed by atoms with Crippen LogP contribution in [0.3, 0.4) is 0 Å². The van der Waals surface area contributed by atoms with E-state index in [9.17, 15) is 4.79 Å². The number of amides is 2. The van der Waals surface area contributed by atoms with Gasteiger partial charge >= 0.3 is 6.03 Å². The SMILES string of the molecule is Cc1cc(N2CCc3c(nc(-c4ccc(NC(=O)NC5COC5)cc4)nc3N3CCOC[C@@H]3C)C2)ncn1. The van der Waals surface area contributed by atoms with Gasteiger partial charge in [0.1, 0.15) is 18.0 Å². The summed E-state index contributed by atoms with van der Waals surface area (Å²) in [5.74, 6) is 2.57. The van der Waals surface area contributed by atoms with Gasteiger partial charge in [-0.15, -0.1) is 0 Å². The van der Waals surface area contributed by atoms with Crippen molar-refractivity contribution in [1.82, 2.24) is 25.3 Å². The quantitative estimate of drug-likeness (QED) is 0.527. The van der Waals surface area contributed by atoms with Crippen LogP contribution in [0.1, 0.15) is 23.9 Å². The Morgan fingerprint density at radius 1 is 1.05 bits per heavy atom. The fraction of sp³-hybridized carbons (Fsp3) is 0.444. The maximum absolute atomic E-state index is 12.2. The highest BCUT2D eigenvalue weighted by Gasteiger charge is 2.29. The Bertz CT molecular complexity index is 1310. The first-order chi connectivity index (χ1) is 18.5. The molecule has 3 aliphatic rings. The normalized spacial score (nSPS) is 19.5. The van der Waals surface area contributed by atoms with Crippen LogP contribution in [0.4, 0.5) is 22.1 Å². The van der Waals surface area contributed by atoms with Crippen molar-refractivity contribution in [3.05, 3.63) is 53.6 Å². The van der Waals surface area contributed by atoms with Gasteiger partial charge in [-0.3, -0.25) is 0 Å². The zero-order valence-corrected chi connectivity index (χ0v) is 21.7. The summed E-state index contributed by atoms with van der Waals surface area (Å²) in [5, 5.41) is 5.76. The molecule has 5 heterocycles. The monoisotopic (exact) mass is 516 g/mol. The van der Waals surface area contributed by atoms with Gasteiger partial charge < -0.3 is 29.9 Å². The van der Waals surface area contributed by atoms with Crippen molar-refractivity contribution < 1.29 is 14.3 Å². The van der Waals surface area contributed by atoms with Crippen LogP contribution in [0.2, 0.25) is 0 Å². The molecule has 3 aliphatic heterocycles. The first kappa shape index (κ1) is 24.5. The molecule has 2 amide bonds. The van der Waals surface area contributed by atoms with E-state index in [-0.39, 0.29) is 18.1 Å². The summed E-state index contributed by atoms with van der Waals surface area (Å²) in [5.41, 5.74) is 4.74. The summed E-state index contributed by atoms with van der Waals surface area (Å²) in [6, 6.07) is 9.73. The highest BCUT2D eigenvalue weighted by Crippen LogP contribution is 2.32. The zero-order valence-electron chi connectivity index (χ0n) is 21.7. The first-order valence-corrected chi connectivity index (χ1v) is 13.1. The van der Waals surface area contributed by atoms with E-state index in [0.29, 0.717) is 44.5 Å². The molecule has 0 radical (unpaired) electrons. The lowest BCUT2D eigenvalue weighted by Gasteiger charge is -2.38. The number of nitrogens with one attached hydrogen (secondary N) is 2. The number of hydrogen-bond acceptors (Lipinski definition) is 9. The van der Waals surface area contributed by atoms with Gasteiger partial charge in [0.15, 0.2) is 5.82 Å². The molecule has 6 rings (SSSR count). The smallest absolute Gasteiger partial charge is 0.319 e. The third kappa shape index (κ3) is 5.11. The average Bonchev–Trinajstić information content (AvgIpc) is 2.90. The summed E-state index contributed by atoms with van der Waals surface area (Å²) >= 11 is 0. The Hall–Kier alpha value is -3.83. The van der Waals surface area contributed by atoms with Crippen molar-refractivity contribution in [2.24, 2.45) is 0 Å². The van der Waals surface area contributed by atoms with Gasteiger partial charge in [-0.05, 0) is 44.5 Å². The van der Waals surface area contributed by atoms with Crippen LogP contribution >= 0.6 is 0 Å². The Labute approximate surface area is 221 Å². The van der Waals surface area contributed by atoms with Gasteiger partial charge in [0.05, 0.1) is 50.7 Å². The lowest BCUT2D eigenvalue weighted by atomic mass is 10.0. The number of fused-ring (bicyclic) bond motifs is 1. The van der Waals surface area contributed by atoms with Crippen LogP contribution in [0, 0.1) is 6.92 Å². The van der Waals surface area contributed by atoms with E-state index in [2.05, 4.69) is 37.3 Å². The van der Waals surface area contributed by atoms with Crippen molar-refractivity contribution >= 4 is 23.4 Å². The molecule has 11 nitrogen and oxygen atoms in total. The van der Waals surface area contributed by atoms with Crippen LogP contribution < -0.4 is 20.4 Å². The molecule has 38 heavy (non-hydrogen) atoms. The molecular formula is C27H32N8O3. The lowest BCUT2D eigenvalue weighted by molar-refractivity contribution is 0.000735. The first-order valence-electron chi connectivity index (χ1n) is 13.1. The van der Waals surface area contributed by atoms with Crippen LogP contribution in [0.5, 0.6) is 0 Å². The minimum Gasteiger partial charge on any atom is -0.377 e. The Kier molecular flexibility index (Phi) is 6.77. The molecule has 2 N–H and O–H groups in total. The average molecular weight is 517 g/mol. The van der Waals surface area contributed by atoms with Crippen molar-refractivity contribution in [3.63, 3.8) is 0 Å². The van der Waals surface area contributed by atoms with E-state index in [1.807, 2.05) is 37.3 Å². The predicted molar refractivity (Wildman–Crippen MR) is 143 cm³/mol. The summed E-state index contributed by atoms with van der Waals surface area (Å²) < 4.78 is 10.8. The van der Waals surface area contributed by atoms with Gasteiger partial charge in [0, 0.05) is 41.7 Å². The number of ether oxygens (including phenoxy) is 2. The minimum absolute atomic E-state index is 0.0741. The van der Waals surface area contributed by atoms with E-state index in [4.69, 9.17) is 19.4 Å². The molecule has 0 unspecified atom stereocenters. The van der Waals surface area contributed by atoms with E-state index in [0.717, 1.165) is 48.1 Å². The van der Waals surface area contributed by atoms with E-state index in [1.54, 1.807) is 6.33 Å². The van der Waals surface area contributed by atoms with Crippen LogP contribution in [0.25, 0.3) is 11.4 Å². The maximum atomic E-state index is 12.2. The number of anilines is 3. The summed E-state index contributed by atoms with van der Waals surface area (Å²) in [4.78, 5) is 35.7. The van der Waals surface area contributed by atoms with Gasteiger partial charge in [0.25, 0.3) is 0 Å². The number of hydrogen-bond donors (Lipinski definition) is 2. The Balaban J connectivity index is 1.30. The van der Waals surface area contributed by atoms with Crippen molar-refractivity contribution in [1.29, 1.82) is 0 Å². The van der Waals surface area contributed by atoms with E-state index in [1.165, 1.54) is 5.56 Å². The van der Waals surface area contributed by atoms with Gasteiger partial charge in [-0.1, -0.05) is 0 Å². The zero-order chi connectivity index (χ0) is 26.1. The second kappa shape index (κ2) is 10.5. The molecule has 1 aromatic carbocycles. The summed E-state index contributed by atoms with van der Waals surface area (Å²) in [6.45, 7) is 8.91. The molecule has 11 heteroatoms. The van der Waals surface area contributed by atoms with Gasteiger partial charge in [0.2, 0.25) is 0 Å². The Morgan fingerprint density at radius 3 is 2.63 bits per heavy atom. The number of aromatic nitrogens is 4. The van der Waals surface area contributed by atoms with Crippen LogP contribution in [-0.2, 0) is 22.4 Å². The lowest BCUT2D eigenvalue weighted by Crippen LogP contribution is -2.49. The van der Waals surface area contributed by atoms with E-state index >= 15 is 0 Å². The maximum Gasteiger partial charge on any atom is 0.319 e. The standard InChI is InChI=1S/C27H32N8O3/c1-17-11-24(29-16-28-17)34-8-7-22-23(12-34)32-25(33-26(22)35-9-10-37-13-18(35)2)19-3-5-20(6-4-19)30-27(36)31-21-14-38-15-21/h3-6,11,16,18,21H,7-10,12-15H2,1-2H3,(H2,30,31,36)/t18-/m0/s1. The largest absolute Gasteiger partial charge is 0.377 e. The second-order valence-electron chi connectivity index (χ2n) is 10.0. The summed E-state index contributed by atoms with van der Waals surface area (Å²) in [7, 11) is 0. The minimum atomic E-state index is -0.236. The Morgan fingerprint density at radius 2 is 1.89 bits per heavy atom. The number of carbonyl (C=O) groups excluding carboxylic acids is 1. The molecule has 0 saturated carbocycles.